The number of rotatable bonds is 0. The van der Waals surface area contributed by atoms with Crippen LogP contribution in [-0.4, -0.2) is 5.11 Å². The van der Waals surface area contributed by atoms with Gasteiger partial charge in [0, 0.05) is 10.9 Å². The molecule has 0 saturated carbocycles. The molecule has 0 bridgehead atoms. The number of phenols is 1. The van der Waals surface area contributed by atoms with Gasteiger partial charge in [0.05, 0.1) is 3.57 Å². The molecule has 2 aromatic rings. The highest BCUT2D eigenvalue weighted by Crippen LogP contribution is 2.27. The molecule has 0 aliphatic heterocycles. The predicted octanol–water partition coefficient (Wildman–Crippen LogP) is 2.41. The van der Waals surface area contributed by atoms with Crippen molar-refractivity contribution in [1.29, 1.82) is 0 Å². The van der Waals surface area contributed by atoms with Crippen LogP contribution in [0.2, 0.25) is 0 Å². The number of phenolic OH excluding ortho intramolecular Hbond substituents is 1. The van der Waals surface area contributed by atoms with Gasteiger partial charge in [-0.2, -0.15) is 0 Å². The number of fused-ring (bicyclic) bond motifs is 1. The molecule has 0 spiro atoms. The highest BCUT2D eigenvalue weighted by Gasteiger charge is 2.08. The van der Waals surface area contributed by atoms with Crippen LogP contribution in [0.4, 0.5) is 0 Å². The van der Waals surface area contributed by atoms with Crippen molar-refractivity contribution in [1.82, 2.24) is 0 Å². The van der Waals surface area contributed by atoms with Crippen molar-refractivity contribution in [3.8, 4) is 5.75 Å². The van der Waals surface area contributed by atoms with Gasteiger partial charge in [-0.3, -0.25) is 0 Å². The van der Waals surface area contributed by atoms with Gasteiger partial charge in [-0.05, 0) is 47.7 Å². The molecule has 4 heteroatoms. The molecule has 72 valence electrons. The Morgan fingerprint density at radius 2 is 2.14 bits per heavy atom. The molecule has 2 rings (SSSR count). The van der Waals surface area contributed by atoms with Gasteiger partial charge in [0.1, 0.15) is 5.75 Å². The summed E-state index contributed by atoms with van der Waals surface area (Å²) in [5, 5.41) is 10.2. The molecule has 0 aliphatic rings. The van der Waals surface area contributed by atoms with E-state index in [1.165, 1.54) is 0 Å². The van der Waals surface area contributed by atoms with E-state index in [0.29, 0.717) is 14.7 Å². The average Bonchev–Trinajstić information content (AvgIpc) is 2.15. The molecule has 1 aromatic heterocycles. The summed E-state index contributed by atoms with van der Waals surface area (Å²) in [6.07, 6.45) is 0. The van der Waals surface area contributed by atoms with Crippen LogP contribution >= 0.6 is 22.6 Å². The third-order valence-corrected chi connectivity index (χ3v) is 3.04. The topological polar surface area (TPSA) is 50.4 Å². The molecule has 1 N–H and O–H groups in total. The largest absolute Gasteiger partial charge is 0.507 e. The van der Waals surface area contributed by atoms with E-state index in [1.807, 2.05) is 22.6 Å². The monoisotopic (exact) mass is 302 g/mol. The van der Waals surface area contributed by atoms with E-state index in [1.54, 1.807) is 25.1 Å². The Morgan fingerprint density at radius 1 is 1.43 bits per heavy atom. The summed E-state index contributed by atoms with van der Waals surface area (Å²) in [4.78, 5) is 11.2. The Kier molecular flexibility index (Phi) is 2.22. The van der Waals surface area contributed by atoms with E-state index in [9.17, 15) is 9.90 Å². The zero-order valence-electron chi connectivity index (χ0n) is 7.37. The molecule has 0 radical (unpaired) electrons. The van der Waals surface area contributed by atoms with Crippen LogP contribution in [0.25, 0.3) is 11.0 Å². The van der Waals surface area contributed by atoms with Crippen molar-refractivity contribution in [2.75, 3.05) is 0 Å². The van der Waals surface area contributed by atoms with E-state index in [0.717, 1.165) is 5.39 Å². The Balaban J connectivity index is 2.97. The summed E-state index contributed by atoms with van der Waals surface area (Å²) >= 11 is 1.95. The van der Waals surface area contributed by atoms with Crippen LogP contribution in [0.1, 0.15) is 5.56 Å². The predicted molar refractivity (Wildman–Crippen MR) is 61.6 cm³/mol. The minimum absolute atomic E-state index is 0.130. The quantitative estimate of drug-likeness (QED) is 0.600. The molecule has 0 amide bonds. The molecular formula is C10H7IO3. The highest BCUT2D eigenvalue weighted by atomic mass is 127. The van der Waals surface area contributed by atoms with Crippen LogP contribution in [-0.2, 0) is 0 Å². The zero-order valence-corrected chi connectivity index (χ0v) is 9.53. The summed E-state index contributed by atoms with van der Waals surface area (Å²) in [7, 11) is 0. The van der Waals surface area contributed by atoms with Crippen molar-refractivity contribution < 1.29 is 9.52 Å². The fourth-order valence-corrected chi connectivity index (χ4v) is 1.84. The second-order valence-electron chi connectivity index (χ2n) is 3.03. The SMILES string of the molecule is Cc1cc2ccc(O)c(I)c2oc1=O. The number of aryl methyl sites for hydroxylation is 1. The van der Waals surface area contributed by atoms with Gasteiger partial charge in [0.25, 0.3) is 0 Å². The van der Waals surface area contributed by atoms with Crippen LogP contribution in [0, 0.1) is 10.5 Å². The highest BCUT2D eigenvalue weighted by molar-refractivity contribution is 14.1. The van der Waals surface area contributed by atoms with Crippen molar-refractivity contribution in [2.24, 2.45) is 0 Å². The summed E-state index contributed by atoms with van der Waals surface area (Å²) in [5.74, 6) is 0.130. The first kappa shape index (κ1) is 9.51. The molecule has 3 nitrogen and oxygen atoms in total. The van der Waals surface area contributed by atoms with Crippen molar-refractivity contribution in [3.05, 3.63) is 37.8 Å². The second kappa shape index (κ2) is 3.27. The minimum atomic E-state index is -0.360. The molecular weight excluding hydrogens is 295 g/mol. The van der Waals surface area contributed by atoms with Gasteiger partial charge in [0.15, 0.2) is 5.58 Å². The van der Waals surface area contributed by atoms with Crippen molar-refractivity contribution >= 4 is 33.6 Å². The van der Waals surface area contributed by atoms with Crippen LogP contribution in [0.15, 0.2) is 27.4 Å². The van der Waals surface area contributed by atoms with E-state index >= 15 is 0 Å². The van der Waals surface area contributed by atoms with E-state index in [4.69, 9.17) is 4.42 Å². The lowest BCUT2D eigenvalue weighted by Crippen LogP contribution is -2.02. The molecule has 1 heterocycles. The standard InChI is InChI=1S/C10H7IO3/c1-5-4-6-2-3-7(12)8(11)9(6)14-10(5)13/h2-4,12H,1H3. The third kappa shape index (κ3) is 1.39. The number of benzene rings is 1. The Hall–Kier alpha value is -1.04. The van der Waals surface area contributed by atoms with Gasteiger partial charge < -0.3 is 9.52 Å². The lowest BCUT2D eigenvalue weighted by atomic mass is 10.2. The number of halogens is 1. The smallest absolute Gasteiger partial charge is 0.339 e. The molecule has 0 unspecified atom stereocenters. The molecule has 1 aromatic carbocycles. The molecule has 0 saturated heterocycles. The fraction of sp³-hybridized carbons (Fsp3) is 0.100. The van der Waals surface area contributed by atoms with Crippen molar-refractivity contribution in [2.45, 2.75) is 6.92 Å². The first-order valence-corrected chi connectivity index (χ1v) is 5.09. The maximum atomic E-state index is 11.2. The Bertz CT molecular complexity index is 557. The van der Waals surface area contributed by atoms with Crippen LogP contribution in [0.3, 0.4) is 0 Å². The first-order valence-electron chi connectivity index (χ1n) is 4.01. The Morgan fingerprint density at radius 3 is 2.86 bits per heavy atom. The van der Waals surface area contributed by atoms with Crippen LogP contribution in [0.5, 0.6) is 5.75 Å². The van der Waals surface area contributed by atoms with Crippen molar-refractivity contribution in [3.63, 3.8) is 0 Å². The first-order chi connectivity index (χ1) is 6.59. The number of hydrogen-bond acceptors (Lipinski definition) is 3. The second-order valence-corrected chi connectivity index (χ2v) is 4.11. The maximum absolute atomic E-state index is 11.2. The summed E-state index contributed by atoms with van der Waals surface area (Å²) in [6.45, 7) is 1.70. The summed E-state index contributed by atoms with van der Waals surface area (Å²) in [5.41, 5.74) is 0.654. The van der Waals surface area contributed by atoms with E-state index in [2.05, 4.69) is 0 Å². The summed E-state index contributed by atoms with van der Waals surface area (Å²) < 4.78 is 5.65. The Labute approximate surface area is 93.5 Å². The van der Waals surface area contributed by atoms with Gasteiger partial charge in [-0.15, -0.1) is 0 Å². The molecule has 0 fully saturated rings. The zero-order chi connectivity index (χ0) is 10.3. The van der Waals surface area contributed by atoms with Gasteiger partial charge in [-0.25, -0.2) is 4.79 Å². The third-order valence-electron chi connectivity index (χ3n) is 2.00. The maximum Gasteiger partial charge on any atom is 0.339 e. The number of hydrogen-bond donors (Lipinski definition) is 1. The normalized spacial score (nSPS) is 10.7. The lowest BCUT2D eigenvalue weighted by Gasteiger charge is -2.01. The minimum Gasteiger partial charge on any atom is -0.507 e. The molecule has 0 aliphatic carbocycles. The van der Waals surface area contributed by atoms with Crippen LogP contribution < -0.4 is 5.63 Å². The molecule has 14 heavy (non-hydrogen) atoms. The number of aromatic hydroxyl groups is 1. The van der Waals surface area contributed by atoms with Gasteiger partial charge in [0.2, 0.25) is 0 Å². The van der Waals surface area contributed by atoms with Gasteiger partial charge in [-0.1, -0.05) is 0 Å². The summed E-state index contributed by atoms with van der Waals surface area (Å²) in [6, 6.07) is 5.06. The van der Waals surface area contributed by atoms with E-state index < -0.39 is 0 Å². The average molecular weight is 302 g/mol. The lowest BCUT2D eigenvalue weighted by molar-refractivity contribution is 0.468. The van der Waals surface area contributed by atoms with Gasteiger partial charge >= 0.3 is 5.63 Å². The molecule has 0 atom stereocenters. The fourth-order valence-electron chi connectivity index (χ4n) is 1.24. The van der Waals surface area contributed by atoms with E-state index in [-0.39, 0.29) is 11.4 Å².